The second-order valence-electron chi connectivity index (χ2n) is 1.78. The summed E-state index contributed by atoms with van der Waals surface area (Å²) in [6, 6.07) is 0. The Balaban J connectivity index is 2.88. The van der Waals surface area contributed by atoms with E-state index in [1.165, 1.54) is 11.3 Å². The number of aliphatic hydroxyl groups is 1. The molecule has 0 radical (unpaired) electrons. The fourth-order valence-corrected chi connectivity index (χ4v) is 2.07. The predicted octanol–water partition coefficient (Wildman–Crippen LogP) is 0.718. The molecular formula is C5H7NO2PS+. The van der Waals surface area contributed by atoms with Gasteiger partial charge in [-0.15, -0.1) is 0 Å². The number of nitrogens with zero attached hydrogens (tertiary/aromatic N) is 1. The Morgan fingerprint density at radius 1 is 1.90 bits per heavy atom. The van der Waals surface area contributed by atoms with E-state index in [1.54, 1.807) is 12.0 Å². The lowest BCUT2D eigenvalue weighted by molar-refractivity contribution is 0.278. The van der Waals surface area contributed by atoms with Gasteiger partial charge in [-0.05, 0) is 0 Å². The van der Waals surface area contributed by atoms with Crippen LogP contribution in [0.4, 0.5) is 0 Å². The van der Waals surface area contributed by atoms with E-state index in [-0.39, 0.29) is 6.61 Å². The molecule has 0 aliphatic carbocycles. The molecule has 1 aromatic heterocycles. The van der Waals surface area contributed by atoms with Crippen LogP contribution in [-0.4, -0.2) is 16.8 Å². The van der Waals surface area contributed by atoms with E-state index in [0.29, 0.717) is 10.4 Å². The van der Waals surface area contributed by atoms with E-state index in [2.05, 4.69) is 4.98 Å². The number of hydrogen-bond acceptors (Lipinski definition) is 4. The molecule has 1 aromatic rings. The summed E-state index contributed by atoms with van der Waals surface area (Å²) in [5, 5.41) is 10.3. The summed E-state index contributed by atoms with van der Waals surface area (Å²) in [5.41, 5.74) is 0.602. The fraction of sp³-hybridized carbons (Fsp3) is 0.400. The molecule has 54 valence electrons. The quantitative estimate of drug-likeness (QED) is 0.675. The van der Waals surface area contributed by atoms with E-state index in [9.17, 15) is 4.57 Å². The highest BCUT2D eigenvalue weighted by Gasteiger charge is 2.16. The van der Waals surface area contributed by atoms with E-state index >= 15 is 0 Å². The molecule has 1 unspecified atom stereocenters. The normalized spacial score (nSPS) is 11.6. The second kappa shape index (κ2) is 3.19. The van der Waals surface area contributed by atoms with Crippen molar-refractivity contribution >= 4 is 23.9 Å². The van der Waals surface area contributed by atoms with Gasteiger partial charge in [0, 0.05) is 5.38 Å². The maximum absolute atomic E-state index is 10.8. The van der Waals surface area contributed by atoms with Gasteiger partial charge in [0.15, 0.2) is 0 Å². The topological polar surface area (TPSA) is 50.2 Å². The van der Waals surface area contributed by atoms with Crippen LogP contribution in [0, 0.1) is 0 Å². The molecule has 0 aliphatic rings. The van der Waals surface area contributed by atoms with Crippen molar-refractivity contribution in [1.29, 1.82) is 0 Å². The first kappa shape index (κ1) is 7.79. The summed E-state index contributed by atoms with van der Waals surface area (Å²) in [5.74, 6) is 0. The van der Waals surface area contributed by atoms with E-state index in [4.69, 9.17) is 5.11 Å². The van der Waals surface area contributed by atoms with Crippen LogP contribution in [0.25, 0.3) is 0 Å². The van der Waals surface area contributed by atoms with Crippen molar-refractivity contribution in [3.05, 3.63) is 11.1 Å². The molecule has 0 spiro atoms. The SMILES string of the molecule is C[P+](=O)c1nc(CO)cs1. The third-order valence-corrected chi connectivity index (χ3v) is 3.39. The van der Waals surface area contributed by atoms with Crippen molar-refractivity contribution in [1.82, 2.24) is 4.98 Å². The van der Waals surface area contributed by atoms with Crippen molar-refractivity contribution in [2.24, 2.45) is 0 Å². The highest BCUT2D eigenvalue weighted by atomic mass is 32.1. The number of aliphatic hydroxyl groups excluding tert-OH is 1. The minimum absolute atomic E-state index is 0.0698. The molecule has 0 amide bonds. The van der Waals surface area contributed by atoms with Crippen molar-refractivity contribution in [3.63, 3.8) is 0 Å². The van der Waals surface area contributed by atoms with Crippen molar-refractivity contribution in [2.75, 3.05) is 6.66 Å². The van der Waals surface area contributed by atoms with Crippen molar-refractivity contribution in [2.45, 2.75) is 6.61 Å². The van der Waals surface area contributed by atoms with Crippen LogP contribution >= 0.6 is 19.1 Å². The first-order chi connectivity index (χ1) is 4.74. The Morgan fingerprint density at radius 2 is 2.60 bits per heavy atom. The molecule has 0 saturated carbocycles. The lowest BCUT2D eigenvalue weighted by atomic mass is 10.5. The van der Waals surface area contributed by atoms with Crippen LogP contribution in [0.1, 0.15) is 5.69 Å². The summed E-state index contributed by atoms with van der Waals surface area (Å²) < 4.78 is 11.4. The third-order valence-electron chi connectivity index (χ3n) is 0.971. The van der Waals surface area contributed by atoms with Gasteiger partial charge in [0.25, 0.3) is 0 Å². The third kappa shape index (κ3) is 1.59. The van der Waals surface area contributed by atoms with E-state index in [0.717, 1.165) is 0 Å². The Morgan fingerprint density at radius 3 is 2.90 bits per heavy atom. The molecule has 3 nitrogen and oxygen atoms in total. The molecule has 1 rings (SSSR count). The zero-order chi connectivity index (χ0) is 7.56. The van der Waals surface area contributed by atoms with Crippen LogP contribution in [0.3, 0.4) is 0 Å². The lowest BCUT2D eigenvalue weighted by Gasteiger charge is -1.77. The molecule has 1 atom stereocenters. The first-order valence-electron chi connectivity index (χ1n) is 2.70. The van der Waals surface area contributed by atoms with Gasteiger partial charge in [0.05, 0.1) is 12.3 Å². The summed E-state index contributed by atoms with van der Waals surface area (Å²) in [6.45, 7) is 1.54. The summed E-state index contributed by atoms with van der Waals surface area (Å²) in [6.07, 6.45) is 0. The average Bonchev–Trinajstić information content (AvgIpc) is 2.34. The lowest BCUT2D eigenvalue weighted by Crippen LogP contribution is -1.94. The zero-order valence-corrected chi connectivity index (χ0v) is 7.15. The van der Waals surface area contributed by atoms with Gasteiger partial charge in [-0.1, -0.05) is 15.9 Å². The Bertz CT molecular complexity index is 248. The Hall–Kier alpha value is -0.310. The van der Waals surface area contributed by atoms with Crippen LogP contribution in [0.5, 0.6) is 0 Å². The van der Waals surface area contributed by atoms with Gasteiger partial charge in [-0.3, -0.25) is 0 Å². The minimum atomic E-state index is -1.33. The maximum atomic E-state index is 10.8. The molecule has 1 N–H and O–H groups in total. The Labute approximate surface area is 63.5 Å². The smallest absolute Gasteiger partial charge is 0.390 e. The first-order valence-corrected chi connectivity index (χ1v) is 5.29. The van der Waals surface area contributed by atoms with Crippen LogP contribution in [0.2, 0.25) is 0 Å². The zero-order valence-electron chi connectivity index (χ0n) is 5.44. The number of hydrogen-bond donors (Lipinski definition) is 1. The molecule has 0 aliphatic heterocycles. The van der Waals surface area contributed by atoms with Crippen LogP contribution in [-0.2, 0) is 11.2 Å². The highest BCUT2D eigenvalue weighted by Crippen LogP contribution is 2.16. The van der Waals surface area contributed by atoms with Crippen LogP contribution < -0.4 is 4.75 Å². The molecule has 0 aromatic carbocycles. The second-order valence-corrected chi connectivity index (χ2v) is 4.36. The van der Waals surface area contributed by atoms with Crippen molar-refractivity contribution in [3.8, 4) is 0 Å². The van der Waals surface area contributed by atoms with Gasteiger partial charge in [0.1, 0.15) is 6.66 Å². The minimum Gasteiger partial charge on any atom is -0.390 e. The monoisotopic (exact) mass is 176 g/mol. The molecular weight excluding hydrogens is 169 g/mol. The molecule has 0 fully saturated rings. The van der Waals surface area contributed by atoms with Gasteiger partial charge in [-0.25, -0.2) is 0 Å². The van der Waals surface area contributed by atoms with Crippen molar-refractivity contribution < 1.29 is 9.67 Å². The van der Waals surface area contributed by atoms with E-state index in [1.807, 2.05) is 0 Å². The average molecular weight is 176 g/mol. The molecule has 0 saturated heterocycles. The summed E-state index contributed by atoms with van der Waals surface area (Å²) in [4.78, 5) is 3.91. The Kier molecular flexibility index (Phi) is 2.49. The number of rotatable bonds is 2. The molecule has 0 bridgehead atoms. The number of thiazole rings is 1. The van der Waals surface area contributed by atoms with Gasteiger partial charge >= 0.3 is 12.5 Å². The fourth-order valence-electron chi connectivity index (χ4n) is 0.514. The number of aromatic nitrogens is 1. The van der Waals surface area contributed by atoms with E-state index < -0.39 is 7.80 Å². The van der Waals surface area contributed by atoms with Gasteiger partial charge in [0.2, 0.25) is 0 Å². The molecule has 10 heavy (non-hydrogen) atoms. The largest absolute Gasteiger partial charge is 0.405 e. The molecule has 1 heterocycles. The van der Waals surface area contributed by atoms with Gasteiger partial charge < -0.3 is 5.11 Å². The summed E-state index contributed by atoms with van der Waals surface area (Å²) >= 11 is 1.33. The van der Waals surface area contributed by atoms with Crippen LogP contribution in [0.15, 0.2) is 5.38 Å². The summed E-state index contributed by atoms with van der Waals surface area (Å²) in [7, 11) is -1.33. The highest BCUT2D eigenvalue weighted by molar-refractivity contribution is 7.60. The maximum Gasteiger partial charge on any atom is 0.405 e. The molecule has 5 heteroatoms. The predicted molar refractivity (Wildman–Crippen MR) is 41.2 cm³/mol. The standard InChI is InChI=1S/C5H7NO2PS/c1-9(8)5-6-4(2-7)3-10-5/h3,7H,2H2,1H3/q+1. The van der Waals surface area contributed by atoms with Gasteiger partial charge in [-0.2, -0.15) is 4.98 Å².